The van der Waals surface area contributed by atoms with E-state index in [2.05, 4.69) is 15.0 Å². The highest BCUT2D eigenvalue weighted by atomic mass is 14.8. The predicted molar refractivity (Wildman–Crippen MR) is 38.7 cm³/mol. The third kappa shape index (κ3) is 2.26. The standard InChI is InChI=1S/C7H9N3/c1-7-2-3-8-5-10-6-9-4-7/h2-6H,1H3,(H,8,9,10). The number of H-pyrrole nitrogens is 1. The Kier molecular flexibility index (Phi) is 2.43. The smallest absolute Gasteiger partial charge is 0.117 e. The van der Waals surface area contributed by atoms with Crippen LogP contribution in [0, 0.1) is 6.92 Å². The molecule has 0 fully saturated rings. The van der Waals surface area contributed by atoms with Crippen molar-refractivity contribution >= 4 is 0 Å². The van der Waals surface area contributed by atoms with Crippen molar-refractivity contribution in [1.29, 1.82) is 0 Å². The summed E-state index contributed by atoms with van der Waals surface area (Å²) in [6.07, 6.45) is 6.63. The van der Waals surface area contributed by atoms with Gasteiger partial charge >= 0.3 is 0 Å². The minimum atomic E-state index is 1.09. The summed E-state index contributed by atoms with van der Waals surface area (Å²) in [7, 11) is 0. The Bertz CT molecular complexity index is 216. The third-order valence-electron chi connectivity index (χ3n) is 1.00. The second-order valence-electron chi connectivity index (χ2n) is 1.92. The molecule has 0 saturated heterocycles. The van der Waals surface area contributed by atoms with Crippen molar-refractivity contribution in [2.45, 2.75) is 6.92 Å². The normalized spacial score (nSPS) is 8.50. The Hall–Kier alpha value is -1.38. The van der Waals surface area contributed by atoms with Crippen molar-refractivity contribution in [2.24, 2.45) is 0 Å². The largest absolute Gasteiger partial charge is 0.353 e. The summed E-state index contributed by atoms with van der Waals surface area (Å²) in [5.74, 6) is 0. The Labute approximate surface area is 59.5 Å². The van der Waals surface area contributed by atoms with Crippen molar-refractivity contribution in [2.75, 3.05) is 0 Å². The minimum Gasteiger partial charge on any atom is -0.353 e. The Morgan fingerprint density at radius 2 is 2.30 bits per heavy atom. The lowest BCUT2D eigenvalue weighted by Crippen LogP contribution is -1.65. The van der Waals surface area contributed by atoms with Gasteiger partial charge in [0, 0.05) is 12.4 Å². The number of aromatic nitrogens is 3. The number of nitrogens with one attached hydrogen (secondary N) is 1. The highest BCUT2D eigenvalue weighted by Gasteiger charge is 1.71. The zero-order valence-corrected chi connectivity index (χ0v) is 5.78. The highest BCUT2D eigenvalue weighted by molar-refractivity contribution is 4.99. The Morgan fingerprint density at radius 1 is 1.40 bits per heavy atom. The first-order valence-electron chi connectivity index (χ1n) is 3.02. The predicted octanol–water partition coefficient (Wildman–Crippen LogP) is 1.24. The van der Waals surface area contributed by atoms with E-state index in [1.165, 1.54) is 6.33 Å². The SMILES string of the molecule is Cc1cc[nH]cncnc1. The summed E-state index contributed by atoms with van der Waals surface area (Å²) in [6, 6.07) is 1.93. The molecule has 0 aliphatic carbocycles. The van der Waals surface area contributed by atoms with E-state index in [4.69, 9.17) is 0 Å². The van der Waals surface area contributed by atoms with Crippen LogP contribution >= 0.6 is 0 Å². The maximum atomic E-state index is 3.90. The molecule has 0 aliphatic heterocycles. The molecular weight excluding hydrogens is 126 g/mol. The van der Waals surface area contributed by atoms with Gasteiger partial charge in [-0.3, -0.25) is 0 Å². The summed E-state index contributed by atoms with van der Waals surface area (Å²) in [6.45, 7) is 1.97. The van der Waals surface area contributed by atoms with Crippen LogP contribution in [-0.4, -0.2) is 15.0 Å². The molecule has 0 saturated carbocycles. The summed E-state index contributed by atoms with van der Waals surface area (Å²) in [4.78, 5) is 10.6. The first-order valence-corrected chi connectivity index (χ1v) is 3.02. The third-order valence-corrected chi connectivity index (χ3v) is 1.00. The van der Waals surface area contributed by atoms with E-state index in [0.29, 0.717) is 0 Å². The molecule has 3 heteroatoms. The molecule has 0 atom stereocenters. The van der Waals surface area contributed by atoms with Crippen molar-refractivity contribution in [1.82, 2.24) is 15.0 Å². The van der Waals surface area contributed by atoms with Gasteiger partial charge in [-0.25, -0.2) is 9.97 Å². The molecule has 52 valence electrons. The molecule has 1 heterocycles. The zero-order chi connectivity index (χ0) is 7.23. The molecular formula is C7H9N3. The lowest BCUT2D eigenvalue weighted by atomic mass is 10.4. The van der Waals surface area contributed by atoms with E-state index in [-0.39, 0.29) is 0 Å². The van der Waals surface area contributed by atoms with Crippen LogP contribution in [0.15, 0.2) is 31.1 Å². The van der Waals surface area contributed by atoms with Gasteiger partial charge in [0.25, 0.3) is 0 Å². The molecule has 0 bridgehead atoms. The van der Waals surface area contributed by atoms with Gasteiger partial charge in [-0.15, -0.1) is 0 Å². The fourth-order valence-corrected chi connectivity index (χ4v) is 0.531. The Balaban J connectivity index is 3.13. The van der Waals surface area contributed by atoms with Crippen molar-refractivity contribution in [3.8, 4) is 0 Å². The maximum absolute atomic E-state index is 3.90. The monoisotopic (exact) mass is 135 g/mol. The van der Waals surface area contributed by atoms with Gasteiger partial charge < -0.3 is 4.98 Å². The molecule has 0 aliphatic rings. The van der Waals surface area contributed by atoms with Gasteiger partial charge in [-0.1, -0.05) is 0 Å². The lowest BCUT2D eigenvalue weighted by Gasteiger charge is -1.76. The number of rotatable bonds is 0. The molecule has 0 unspecified atom stereocenters. The number of hydrogen-bond acceptors (Lipinski definition) is 2. The summed E-state index contributed by atoms with van der Waals surface area (Å²) in [5, 5.41) is 0. The number of aromatic amines is 1. The number of aryl methyl sites for hydroxylation is 1. The second kappa shape index (κ2) is 3.61. The van der Waals surface area contributed by atoms with Crippen molar-refractivity contribution in [3.05, 3.63) is 36.7 Å². The molecule has 1 aromatic rings. The number of nitrogens with zero attached hydrogens (tertiary/aromatic N) is 2. The topological polar surface area (TPSA) is 41.6 Å². The van der Waals surface area contributed by atoms with Crippen LogP contribution in [0.1, 0.15) is 5.56 Å². The minimum absolute atomic E-state index is 1.09. The molecule has 0 amide bonds. The van der Waals surface area contributed by atoms with E-state index in [1.54, 1.807) is 12.5 Å². The van der Waals surface area contributed by atoms with Crippen LogP contribution in [0.4, 0.5) is 0 Å². The van der Waals surface area contributed by atoms with Crippen molar-refractivity contribution in [3.63, 3.8) is 0 Å². The van der Waals surface area contributed by atoms with Crippen LogP contribution in [0.5, 0.6) is 0 Å². The van der Waals surface area contributed by atoms with Crippen LogP contribution in [0.2, 0.25) is 0 Å². The van der Waals surface area contributed by atoms with Crippen molar-refractivity contribution < 1.29 is 0 Å². The molecule has 1 aromatic heterocycles. The van der Waals surface area contributed by atoms with E-state index in [1.807, 2.05) is 19.2 Å². The zero-order valence-electron chi connectivity index (χ0n) is 5.78. The second-order valence-corrected chi connectivity index (χ2v) is 1.92. The average Bonchev–Trinajstić information content (AvgIpc) is 2.02. The fourth-order valence-electron chi connectivity index (χ4n) is 0.531. The van der Waals surface area contributed by atoms with Gasteiger partial charge in [-0.05, 0) is 18.6 Å². The molecule has 0 spiro atoms. The molecule has 1 N–H and O–H groups in total. The summed E-state index contributed by atoms with van der Waals surface area (Å²) >= 11 is 0. The quantitative estimate of drug-likeness (QED) is 0.581. The first-order chi connectivity index (χ1) is 4.89. The molecule has 10 heavy (non-hydrogen) atoms. The van der Waals surface area contributed by atoms with Gasteiger partial charge in [0.1, 0.15) is 6.33 Å². The van der Waals surface area contributed by atoms with Crippen LogP contribution in [0.3, 0.4) is 0 Å². The first kappa shape index (κ1) is 6.74. The van der Waals surface area contributed by atoms with Gasteiger partial charge in [0.05, 0.1) is 6.33 Å². The van der Waals surface area contributed by atoms with Gasteiger partial charge in [-0.2, -0.15) is 0 Å². The van der Waals surface area contributed by atoms with E-state index >= 15 is 0 Å². The van der Waals surface area contributed by atoms with Crippen LogP contribution in [0.25, 0.3) is 0 Å². The van der Waals surface area contributed by atoms with Gasteiger partial charge in [0.15, 0.2) is 0 Å². The van der Waals surface area contributed by atoms with Crippen LogP contribution in [-0.2, 0) is 0 Å². The summed E-state index contributed by atoms with van der Waals surface area (Å²) < 4.78 is 0. The van der Waals surface area contributed by atoms with Gasteiger partial charge in [0.2, 0.25) is 0 Å². The highest BCUT2D eigenvalue weighted by Crippen LogP contribution is 1.84. The van der Waals surface area contributed by atoms with E-state index in [9.17, 15) is 0 Å². The maximum Gasteiger partial charge on any atom is 0.117 e. The molecule has 0 radical (unpaired) electrons. The lowest BCUT2D eigenvalue weighted by molar-refractivity contribution is 1.15. The molecule has 1 rings (SSSR count). The van der Waals surface area contributed by atoms with E-state index in [0.717, 1.165) is 5.56 Å². The molecule has 3 nitrogen and oxygen atoms in total. The van der Waals surface area contributed by atoms with E-state index < -0.39 is 0 Å². The molecule has 0 aromatic carbocycles. The number of hydrogen-bond donors (Lipinski definition) is 1. The summed E-state index contributed by atoms with van der Waals surface area (Å²) in [5.41, 5.74) is 1.09. The Morgan fingerprint density at radius 3 is 3.20 bits per heavy atom. The van der Waals surface area contributed by atoms with Crippen LogP contribution < -0.4 is 0 Å². The average molecular weight is 135 g/mol. The fraction of sp³-hybridized carbons (Fsp3) is 0.143.